The highest BCUT2D eigenvalue weighted by molar-refractivity contribution is 6.34. The summed E-state index contributed by atoms with van der Waals surface area (Å²) in [4.78, 5) is 11.7. The van der Waals surface area contributed by atoms with Crippen LogP contribution >= 0.6 is 35.6 Å². The topological polar surface area (TPSA) is 64.3 Å². The van der Waals surface area contributed by atoms with Crippen LogP contribution in [0.15, 0.2) is 18.2 Å². The molecule has 0 spiro atoms. The van der Waals surface area contributed by atoms with Gasteiger partial charge in [-0.25, -0.2) is 0 Å². The largest absolute Gasteiger partial charge is 0.484 e. The third-order valence-electron chi connectivity index (χ3n) is 3.25. The van der Waals surface area contributed by atoms with E-state index in [1.165, 1.54) is 0 Å². The highest BCUT2D eigenvalue weighted by Gasteiger charge is 2.20. The molecule has 0 bridgehead atoms. The van der Waals surface area contributed by atoms with Crippen LogP contribution in [0.3, 0.4) is 0 Å². The van der Waals surface area contributed by atoms with Crippen LogP contribution in [0.25, 0.3) is 0 Å². The molecule has 1 rings (SSSR count). The molecular weight excluding hydrogens is 335 g/mol. The first kappa shape index (κ1) is 20.3. The van der Waals surface area contributed by atoms with Crippen molar-refractivity contribution in [1.82, 2.24) is 5.32 Å². The molecule has 0 aromatic heterocycles. The summed E-state index contributed by atoms with van der Waals surface area (Å²) >= 11 is 11.7. The lowest BCUT2D eigenvalue weighted by Gasteiger charge is -2.26. The summed E-state index contributed by atoms with van der Waals surface area (Å²) in [5.41, 5.74) is 5.74. The highest BCUT2D eigenvalue weighted by Crippen LogP contribution is 2.24. The van der Waals surface area contributed by atoms with E-state index < -0.39 is 0 Å². The van der Waals surface area contributed by atoms with Crippen molar-refractivity contribution in [3.63, 3.8) is 0 Å². The van der Waals surface area contributed by atoms with Crippen molar-refractivity contribution in [2.75, 3.05) is 13.2 Å². The molecule has 0 fully saturated rings. The molecule has 1 aromatic rings. The summed E-state index contributed by atoms with van der Waals surface area (Å²) in [7, 11) is 0. The zero-order valence-corrected chi connectivity index (χ0v) is 14.4. The minimum absolute atomic E-state index is 0. The number of hydrogen-bond donors (Lipinski definition) is 2. The molecule has 0 saturated heterocycles. The van der Waals surface area contributed by atoms with E-state index in [0.717, 1.165) is 12.8 Å². The van der Waals surface area contributed by atoms with E-state index in [4.69, 9.17) is 33.7 Å². The van der Waals surface area contributed by atoms with Gasteiger partial charge in [0.25, 0.3) is 5.91 Å². The van der Waals surface area contributed by atoms with Gasteiger partial charge >= 0.3 is 0 Å². The zero-order valence-electron chi connectivity index (χ0n) is 12.1. The lowest BCUT2D eigenvalue weighted by atomic mass is 9.94. The smallest absolute Gasteiger partial charge is 0.258 e. The molecular formula is C14H21Cl3N2O2. The van der Waals surface area contributed by atoms with E-state index in [2.05, 4.69) is 5.32 Å². The summed E-state index contributed by atoms with van der Waals surface area (Å²) in [5.74, 6) is 0.237. The first-order chi connectivity index (χ1) is 9.38. The molecule has 21 heavy (non-hydrogen) atoms. The number of halogens is 3. The van der Waals surface area contributed by atoms with Gasteiger partial charge in [-0.15, -0.1) is 12.4 Å². The quantitative estimate of drug-likeness (QED) is 0.787. The molecule has 0 radical (unpaired) electrons. The van der Waals surface area contributed by atoms with Crippen molar-refractivity contribution in [2.45, 2.75) is 32.2 Å². The number of amides is 1. The molecule has 4 nitrogen and oxygen atoms in total. The number of nitrogens with two attached hydrogens (primary N) is 1. The van der Waals surface area contributed by atoms with Gasteiger partial charge in [-0.2, -0.15) is 0 Å². The van der Waals surface area contributed by atoms with Crippen LogP contribution in [0, 0.1) is 0 Å². The second-order valence-electron chi connectivity index (χ2n) is 4.74. The predicted molar refractivity (Wildman–Crippen MR) is 89.7 cm³/mol. The molecule has 0 unspecified atom stereocenters. The second-order valence-corrected chi connectivity index (χ2v) is 5.61. The van der Waals surface area contributed by atoms with E-state index in [-0.39, 0.29) is 30.5 Å². The highest BCUT2D eigenvalue weighted by atomic mass is 35.5. The van der Waals surface area contributed by atoms with Gasteiger partial charge in [0.1, 0.15) is 5.75 Å². The molecule has 3 N–H and O–H groups in total. The lowest BCUT2D eigenvalue weighted by molar-refractivity contribution is -0.123. The van der Waals surface area contributed by atoms with Crippen LogP contribution in [0.5, 0.6) is 5.75 Å². The fraction of sp³-hybridized carbons (Fsp3) is 0.500. The van der Waals surface area contributed by atoms with Crippen molar-refractivity contribution in [1.29, 1.82) is 0 Å². The third kappa shape index (κ3) is 7.23. The summed E-state index contributed by atoms with van der Waals surface area (Å²) < 4.78 is 5.34. The molecule has 1 amide bonds. The van der Waals surface area contributed by atoms with E-state index in [1.807, 2.05) is 13.8 Å². The van der Waals surface area contributed by atoms with Gasteiger partial charge in [0.2, 0.25) is 0 Å². The Balaban J connectivity index is 0.00000400. The molecule has 7 heteroatoms. The van der Waals surface area contributed by atoms with Crippen LogP contribution in [-0.4, -0.2) is 24.6 Å². The molecule has 0 aliphatic carbocycles. The lowest BCUT2D eigenvalue weighted by Crippen LogP contribution is -2.50. The number of hydrogen-bond acceptors (Lipinski definition) is 3. The minimum Gasteiger partial charge on any atom is -0.484 e. The number of carbonyl (C=O) groups excluding carboxylic acids is 1. The fourth-order valence-corrected chi connectivity index (χ4v) is 2.09. The molecule has 0 aliphatic rings. The van der Waals surface area contributed by atoms with E-state index in [1.54, 1.807) is 18.2 Å². The number of rotatable bonds is 7. The molecule has 0 saturated carbocycles. The van der Waals surface area contributed by atoms with E-state index in [9.17, 15) is 4.79 Å². The molecule has 0 heterocycles. The van der Waals surface area contributed by atoms with Crippen molar-refractivity contribution in [2.24, 2.45) is 5.73 Å². The van der Waals surface area contributed by atoms with Crippen molar-refractivity contribution < 1.29 is 9.53 Å². The zero-order chi connectivity index (χ0) is 15.2. The summed E-state index contributed by atoms with van der Waals surface area (Å²) in [6, 6.07) is 4.80. The average molecular weight is 356 g/mol. The predicted octanol–water partition coefficient (Wildman–Crippen LogP) is 3.43. The Hall–Kier alpha value is -0.680. The fourth-order valence-electron chi connectivity index (χ4n) is 1.59. The van der Waals surface area contributed by atoms with Crippen LogP contribution in [0.2, 0.25) is 10.0 Å². The van der Waals surface area contributed by atoms with Gasteiger partial charge in [0, 0.05) is 22.1 Å². The van der Waals surface area contributed by atoms with Gasteiger partial charge in [0.15, 0.2) is 6.61 Å². The average Bonchev–Trinajstić information content (AvgIpc) is 2.41. The number of carbonyl (C=O) groups is 1. The van der Waals surface area contributed by atoms with Crippen LogP contribution < -0.4 is 15.8 Å². The van der Waals surface area contributed by atoms with Crippen molar-refractivity contribution in [3.05, 3.63) is 28.2 Å². The van der Waals surface area contributed by atoms with E-state index in [0.29, 0.717) is 22.3 Å². The minimum atomic E-state index is -0.366. The van der Waals surface area contributed by atoms with Gasteiger partial charge in [0.05, 0.1) is 0 Å². The van der Waals surface area contributed by atoms with Crippen molar-refractivity contribution in [3.8, 4) is 5.75 Å². The van der Waals surface area contributed by atoms with Crippen LogP contribution in [0.4, 0.5) is 0 Å². The third-order valence-corrected chi connectivity index (χ3v) is 3.69. The maximum absolute atomic E-state index is 11.7. The Kier molecular flexibility index (Phi) is 9.06. The number of ether oxygens (including phenoxy) is 1. The molecule has 0 aliphatic heterocycles. The Morgan fingerprint density at radius 3 is 2.24 bits per heavy atom. The number of benzene rings is 1. The first-order valence-corrected chi connectivity index (χ1v) is 7.28. The Morgan fingerprint density at radius 1 is 1.24 bits per heavy atom. The van der Waals surface area contributed by atoms with Crippen LogP contribution in [0.1, 0.15) is 26.7 Å². The maximum Gasteiger partial charge on any atom is 0.258 e. The van der Waals surface area contributed by atoms with Crippen molar-refractivity contribution >= 4 is 41.5 Å². The summed E-state index contributed by atoms with van der Waals surface area (Å²) in [6.07, 6.45) is 1.60. The number of nitrogens with one attached hydrogen (secondary N) is 1. The Labute approximate surface area is 141 Å². The standard InChI is InChI=1S/C14H20Cl2N2O2.ClH/c1-3-14(17,4-2)9-18-13(19)8-20-12-6-10(15)5-11(16)7-12;/h5-7H,3-4,8-9,17H2,1-2H3,(H,18,19);1H. The molecule has 1 aromatic carbocycles. The summed E-state index contributed by atoms with van der Waals surface area (Å²) in [5, 5.41) is 3.70. The maximum atomic E-state index is 11.7. The normalized spacial score (nSPS) is 10.7. The molecule has 120 valence electrons. The monoisotopic (exact) mass is 354 g/mol. The first-order valence-electron chi connectivity index (χ1n) is 6.53. The summed E-state index contributed by atoms with van der Waals surface area (Å²) in [6.45, 7) is 4.33. The van der Waals surface area contributed by atoms with Crippen LogP contribution in [-0.2, 0) is 4.79 Å². The second kappa shape index (κ2) is 9.36. The van der Waals surface area contributed by atoms with E-state index >= 15 is 0 Å². The van der Waals surface area contributed by atoms with Gasteiger partial charge in [-0.1, -0.05) is 37.0 Å². The van der Waals surface area contributed by atoms with Gasteiger partial charge in [-0.05, 0) is 31.0 Å². The SMILES string of the molecule is CCC(N)(CC)CNC(=O)COc1cc(Cl)cc(Cl)c1.Cl. The van der Waals surface area contributed by atoms with Gasteiger partial charge < -0.3 is 15.8 Å². The van der Waals surface area contributed by atoms with Gasteiger partial charge in [-0.3, -0.25) is 4.79 Å². The Morgan fingerprint density at radius 2 is 1.76 bits per heavy atom. The Bertz CT molecular complexity index is 445. The molecule has 0 atom stereocenters.